The molecule has 2 rings (SSSR count). The molecule has 0 amide bonds. The van der Waals surface area contributed by atoms with E-state index in [4.69, 9.17) is 16.7 Å². The summed E-state index contributed by atoms with van der Waals surface area (Å²) in [7, 11) is 0. The summed E-state index contributed by atoms with van der Waals surface area (Å²) in [5, 5.41) is 18.2. The van der Waals surface area contributed by atoms with E-state index >= 15 is 0 Å². The Balaban J connectivity index is 2.63. The van der Waals surface area contributed by atoms with Gasteiger partial charge in [-0.25, -0.2) is 13.6 Å². The van der Waals surface area contributed by atoms with Crippen LogP contribution in [0.25, 0.3) is 11.1 Å². The highest BCUT2D eigenvalue weighted by Gasteiger charge is 2.14. The predicted octanol–water partition coefficient (Wildman–Crippen LogP) is 3.69. The van der Waals surface area contributed by atoms with Crippen molar-refractivity contribution < 1.29 is 23.8 Å². The number of rotatable bonds is 2. The minimum absolute atomic E-state index is 0.0547. The molecule has 0 saturated carbocycles. The molecule has 0 unspecified atom stereocenters. The molecule has 0 aliphatic heterocycles. The average Bonchev–Trinajstić information content (AvgIpc) is 2.34. The van der Waals surface area contributed by atoms with Crippen molar-refractivity contribution in [2.45, 2.75) is 0 Å². The zero-order valence-electron chi connectivity index (χ0n) is 9.32. The molecule has 0 atom stereocenters. The summed E-state index contributed by atoms with van der Waals surface area (Å²) in [4.78, 5) is 10.9. The Morgan fingerprint density at radius 2 is 1.74 bits per heavy atom. The molecular formula is C13H7ClF2O3. The minimum atomic E-state index is -1.34. The first-order valence-electron chi connectivity index (χ1n) is 5.11. The zero-order chi connectivity index (χ0) is 14.2. The SMILES string of the molecule is O=C(O)c1cc(-c2cc(F)c(F)cc2Cl)ccc1O. The maximum atomic E-state index is 13.2. The van der Waals surface area contributed by atoms with Gasteiger partial charge < -0.3 is 10.2 Å². The molecule has 0 fully saturated rings. The van der Waals surface area contributed by atoms with Crippen molar-refractivity contribution in [1.82, 2.24) is 0 Å². The lowest BCUT2D eigenvalue weighted by Gasteiger charge is -2.07. The first-order chi connectivity index (χ1) is 8.90. The molecule has 2 aromatic carbocycles. The second-order valence-corrected chi connectivity index (χ2v) is 4.19. The van der Waals surface area contributed by atoms with E-state index in [1.807, 2.05) is 0 Å². The van der Waals surface area contributed by atoms with E-state index in [1.54, 1.807) is 0 Å². The first kappa shape index (κ1) is 13.3. The second-order valence-electron chi connectivity index (χ2n) is 3.78. The number of hydrogen-bond acceptors (Lipinski definition) is 2. The highest BCUT2D eigenvalue weighted by Crippen LogP contribution is 2.32. The van der Waals surface area contributed by atoms with E-state index in [-0.39, 0.29) is 21.7 Å². The number of aromatic hydroxyl groups is 1. The largest absolute Gasteiger partial charge is 0.507 e. The van der Waals surface area contributed by atoms with Gasteiger partial charge in [0.1, 0.15) is 11.3 Å². The van der Waals surface area contributed by atoms with Crippen LogP contribution in [-0.2, 0) is 0 Å². The monoisotopic (exact) mass is 284 g/mol. The summed E-state index contributed by atoms with van der Waals surface area (Å²) in [5.41, 5.74) is 0.0560. The van der Waals surface area contributed by atoms with E-state index in [0.717, 1.165) is 24.3 Å². The second kappa shape index (κ2) is 4.85. The third kappa shape index (κ3) is 2.51. The fourth-order valence-corrected chi connectivity index (χ4v) is 1.88. The van der Waals surface area contributed by atoms with Gasteiger partial charge in [0, 0.05) is 5.56 Å². The topological polar surface area (TPSA) is 57.5 Å². The summed E-state index contributed by atoms with van der Waals surface area (Å²) < 4.78 is 26.1. The summed E-state index contributed by atoms with van der Waals surface area (Å²) in [6, 6.07) is 5.32. The number of carbonyl (C=O) groups is 1. The van der Waals surface area contributed by atoms with Crippen molar-refractivity contribution in [2.24, 2.45) is 0 Å². The van der Waals surface area contributed by atoms with Crippen LogP contribution in [0.2, 0.25) is 5.02 Å². The van der Waals surface area contributed by atoms with Crippen LogP contribution in [0.5, 0.6) is 5.75 Å². The van der Waals surface area contributed by atoms with Gasteiger partial charge in [0.05, 0.1) is 5.02 Å². The quantitative estimate of drug-likeness (QED) is 0.827. The smallest absolute Gasteiger partial charge is 0.339 e. The van der Waals surface area contributed by atoms with Crippen molar-refractivity contribution in [1.29, 1.82) is 0 Å². The maximum absolute atomic E-state index is 13.2. The lowest BCUT2D eigenvalue weighted by atomic mass is 10.0. The Kier molecular flexibility index (Phi) is 3.40. The molecule has 19 heavy (non-hydrogen) atoms. The summed E-state index contributed by atoms with van der Waals surface area (Å²) in [6.07, 6.45) is 0. The number of carboxylic acids is 1. The van der Waals surface area contributed by atoms with Crippen LogP contribution in [0.4, 0.5) is 8.78 Å². The number of hydrogen-bond donors (Lipinski definition) is 2. The van der Waals surface area contributed by atoms with Crippen molar-refractivity contribution in [3.8, 4) is 16.9 Å². The Labute approximate surface area is 111 Å². The Bertz CT molecular complexity index is 671. The summed E-state index contributed by atoms with van der Waals surface area (Å²) in [5.74, 6) is -3.94. The molecule has 0 saturated heterocycles. The molecule has 2 aromatic rings. The standard InChI is InChI=1S/C13H7ClF2O3/c14-9-5-11(16)10(15)4-7(9)6-1-2-12(17)8(3-6)13(18)19/h1-5,17H,(H,18,19). The molecule has 3 nitrogen and oxygen atoms in total. The third-order valence-corrected chi connectivity index (χ3v) is 2.86. The van der Waals surface area contributed by atoms with Crippen LogP contribution in [-0.4, -0.2) is 16.2 Å². The van der Waals surface area contributed by atoms with Gasteiger partial charge in [0.2, 0.25) is 0 Å². The number of aromatic carboxylic acids is 1. The highest BCUT2D eigenvalue weighted by molar-refractivity contribution is 6.33. The van der Waals surface area contributed by atoms with Gasteiger partial charge in [0.15, 0.2) is 11.6 Å². The minimum Gasteiger partial charge on any atom is -0.507 e. The molecule has 0 bridgehead atoms. The van der Waals surface area contributed by atoms with E-state index < -0.39 is 23.4 Å². The van der Waals surface area contributed by atoms with Crippen LogP contribution in [0.3, 0.4) is 0 Å². The van der Waals surface area contributed by atoms with Gasteiger partial charge in [-0.05, 0) is 29.8 Å². The number of phenols is 1. The molecule has 0 spiro atoms. The van der Waals surface area contributed by atoms with Crippen LogP contribution in [0.1, 0.15) is 10.4 Å². The number of halogens is 3. The molecule has 0 aromatic heterocycles. The van der Waals surface area contributed by atoms with Crippen LogP contribution < -0.4 is 0 Å². The van der Waals surface area contributed by atoms with Crippen molar-refractivity contribution >= 4 is 17.6 Å². The van der Waals surface area contributed by atoms with Gasteiger partial charge in [-0.15, -0.1) is 0 Å². The highest BCUT2D eigenvalue weighted by atomic mass is 35.5. The lowest BCUT2D eigenvalue weighted by molar-refractivity contribution is 0.0694. The summed E-state index contributed by atoms with van der Waals surface area (Å²) in [6.45, 7) is 0. The van der Waals surface area contributed by atoms with Crippen LogP contribution in [0.15, 0.2) is 30.3 Å². The predicted molar refractivity (Wildman–Crippen MR) is 65.4 cm³/mol. The van der Waals surface area contributed by atoms with Crippen molar-refractivity contribution in [2.75, 3.05) is 0 Å². The zero-order valence-corrected chi connectivity index (χ0v) is 10.1. The molecule has 0 heterocycles. The summed E-state index contributed by atoms with van der Waals surface area (Å²) >= 11 is 5.79. The number of benzene rings is 2. The Hall–Kier alpha value is -2.14. The fraction of sp³-hybridized carbons (Fsp3) is 0. The van der Waals surface area contributed by atoms with E-state index in [0.29, 0.717) is 0 Å². The molecule has 0 aliphatic carbocycles. The van der Waals surface area contributed by atoms with E-state index in [9.17, 15) is 18.7 Å². The molecule has 0 aliphatic rings. The van der Waals surface area contributed by atoms with Gasteiger partial charge in [-0.2, -0.15) is 0 Å². The van der Waals surface area contributed by atoms with Crippen molar-refractivity contribution in [3.05, 3.63) is 52.6 Å². The van der Waals surface area contributed by atoms with Gasteiger partial charge in [-0.3, -0.25) is 0 Å². The molecule has 0 radical (unpaired) electrons. The lowest BCUT2D eigenvalue weighted by Crippen LogP contribution is -1.97. The molecular weight excluding hydrogens is 278 g/mol. The third-order valence-electron chi connectivity index (χ3n) is 2.55. The van der Waals surface area contributed by atoms with Gasteiger partial charge in [-0.1, -0.05) is 17.7 Å². The molecule has 98 valence electrons. The normalized spacial score (nSPS) is 10.5. The molecule has 2 N–H and O–H groups in total. The maximum Gasteiger partial charge on any atom is 0.339 e. The van der Waals surface area contributed by atoms with Crippen molar-refractivity contribution in [3.63, 3.8) is 0 Å². The first-order valence-corrected chi connectivity index (χ1v) is 5.49. The van der Waals surface area contributed by atoms with E-state index in [1.165, 1.54) is 6.07 Å². The van der Waals surface area contributed by atoms with Crippen LogP contribution in [0, 0.1) is 11.6 Å². The van der Waals surface area contributed by atoms with Gasteiger partial charge in [0.25, 0.3) is 0 Å². The van der Waals surface area contributed by atoms with Gasteiger partial charge >= 0.3 is 5.97 Å². The van der Waals surface area contributed by atoms with E-state index in [2.05, 4.69) is 0 Å². The molecule has 6 heteroatoms. The average molecular weight is 285 g/mol. The van der Waals surface area contributed by atoms with Crippen LogP contribution >= 0.6 is 11.6 Å². The Morgan fingerprint density at radius 1 is 1.11 bits per heavy atom. The number of carboxylic acid groups (broad SMARTS) is 1. The Morgan fingerprint density at radius 3 is 2.37 bits per heavy atom. The fourth-order valence-electron chi connectivity index (χ4n) is 1.62.